The average Bonchev–Trinajstić information content (AvgIpc) is 3.34. The number of aromatic amines is 1. The smallest absolute Gasteiger partial charge is 0.261 e. The van der Waals surface area contributed by atoms with Crippen molar-refractivity contribution in [3.05, 3.63) is 106 Å². The number of H-pyrrole nitrogens is 1. The van der Waals surface area contributed by atoms with Crippen molar-refractivity contribution in [2.45, 2.75) is 19.4 Å². The van der Waals surface area contributed by atoms with Gasteiger partial charge in [-0.1, -0.05) is 42.5 Å². The molecule has 0 saturated heterocycles. The number of imide groups is 1. The first-order valence-corrected chi connectivity index (χ1v) is 11.4. The van der Waals surface area contributed by atoms with Crippen molar-refractivity contribution in [2.75, 3.05) is 13.6 Å². The van der Waals surface area contributed by atoms with E-state index in [1.807, 2.05) is 29.2 Å². The van der Waals surface area contributed by atoms with Crippen molar-refractivity contribution in [1.29, 1.82) is 0 Å². The van der Waals surface area contributed by atoms with Gasteiger partial charge >= 0.3 is 0 Å². The zero-order valence-electron chi connectivity index (χ0n) is 19.0. The monoisotopic (exact) mass is 449 g/mol. The van der Waals surface area contributed by atoms with Crippen LogP contribution in [0.4, 0.5) is 0 Å². The number of hydrogen-bond donors (Lipinski definition) is 1. The molecule has 1 atom stereocenters. The Bertz CT molecular complexity index is 1520. The van der Waals surface area contributed by atoms with Crippen LogP contribution in [-0.4, -0.2) is 46.1 Å². The van der Waals surface area contributed by atoms with Crippen LogP contribution in [0, 0.1) is 6.92 Å². The Labute approximate surface area is 196 Å². The number of amides is 3. The summed E-state index contributed by atoms with van der Waals surface area (Å²) in [5, 5.41) is 1.19. The maximum Gasteiger partial charge on any atom is 0.261 e. The van der Waals surface area contributed by atoms with Gasteiger partial charge in [-0.15, -0.1) is 0 Å². The van der Waals surface area contributed by atoms with Crippen molar-refractivity contribution in [3.63, 3.8) is 0 Å². The summed E-state index contributed by atoms with van der Waals surface area (Å²) >= 11 is 0. The van der Waals surface area contributed by atoms with Gasteiger partial charge in [-0.05, 0) is 54.3 Å². The Hall–Kier alpha value is -4.19. The van der Waals surface area contributed by atoms with Gasteiger partial charge in [0.05, 0.1) is 17.2 Å². The number of aromatic nitrogens is 1. The number of aryl methyl sites for hydroxylation is 1. The SMILES string of the molecule is Cc1ccccc1C1c2[nH]c3ccccc3c2CCN1C(=O)c1ccc2c(c1)C(=O)N(C)C2=O. The molecule has 4 aromatic rings. The van der Waals surface area contributed by atoms with E-state index in [0.29, 0.717) is 17.7 Å². The van der Waals surface area contributed by atoms with E-state index in [-0.39, 0.29) is 29.3 Å². The molecule has 3 aromatic carbocycles. The van der Waals surface area contributed by atoms with E-state index in [0.717, 1.165) is 33.7 Å². The Kier molecular flexibility index (Phi) is 4.45. The third kappa shape index (κ3) is 2.85. The molecule has 2 aliphatic rings. The van der Waals surface area contributed by atoms with Crippen LogP contribution in [0.1, 0.15) is 59.5 Å². The molecule has 3 amide bonds. The van der Waals surface area contributed by atoms with Crippen LogP contribution >= 0.6 is 0 Å². The average molecular weight is 450 g/mol. The molecule has 1 unspecified atom stereocenters. The number of fused-ring (bicyclic) bond motifs is 4. The predicted octanol–water partition coefficient (Wildman–Crippen LogP) is 4.49. The lowest BCUT2D eigenvalue weighted by Gasteiger charge is -2.37. The van der Waals surface area contributed by atoms with E-state index in [9.17, 15) is 14.4 Å². The molecular formula is C28H23N3O3. The van der Waals surface area contributed by atoms with Crippen LogP contribution in [0.3, 0.4) is 0 Å². The van der Waals surface area contributed by atoms with Gasteiger partial charge in [0.2, 0.25) is 0 Å². The second kappa shape index (κ2) is 7.42. The molecule has 0 bridgehead atoms. The van der Waals surface area contributed by atoms with Crippen molar-refractivity contribution < 1.29 is 14.4 Å². The molecule has 1 N–H and O–H groups in total. The number of benzene rings is 3. The van der Waals surface area contributed by atoms with Gasteiger partial charge in [-0.25, -0.2) is 0 Å². The number of para-hydroxylation sites is 1. The van der Waals surface area contributed by atoms with Crippen LogP contribution in [0.5, 0.6) is 0 Å². The van der Waals surface area contributed by atoms with E-state index in [1.54, 1.807) is 18.2 Å². The topological polar surface area (TPSA) is 73.5 Å². The fourth-order valence-electron chi connectivity index (χ4n) is 5.34. The Morgan fingerprint density at radius 3 is 2.50 bits per heavy atom. The number of nitrogens with one attached hydrogen (secondary N) is 1. The van der Waals surface area contributed by atoms with E-state index < -0.39 is 0 Å². The maximum atomic E-state index is 13.9. The lowest BCUT2D eigenvalue weighted by atomic mass is 9.89. The standard InChI is InChI=1S/C28H23N3O3/c1-16-7-3-4-8-18(16)25-24-20(19-9-5-6-10-23(19)29-24)13-14-31(25)26(32)17-11-12-21-22(15-17)28(34)30(2)27(21)33/h3-12,15,25,29H,13-14H2,1-2H3. The highest BCUT2D eigenvalue weighted by Gasteiger charge is 2.37. The minimum absolute atomic E-state index is 0.157. The minimum atomic E-state index is -0.373. The van der Waals surface area contributed by atoms with Gasteiger partial charge in [0.25, 0.3) is 17.7 Å². The zero-order valence-corrected chi connectivity index (χ0v) is 19.0. The number of carbonyl (C=O) groups is 3. The lowest BCUT2D eigenvalue weighted by molar-refractivity contribution is 0.0685. The van der Waals surface area contributed by atoms with E-state index >= 15 is 0 Å². The fourth-order valence-corrected chi connectivity index (χ4v) is 5.34. The quantitative estimate of drug-likeness (QED) is 0.458. The number of rotatable bonds is 2. The van der Waals surface area contributed by atoms with E-state index in [2.05, 4.69) is 36.2 Å². The lowest BCUT2D eigenvalue weighted by Crippen LogP contribution is -2.41. The zero-order chi connectivity index (χ0) is 23.6. The molecule has 34 heavy (non-hydrogen) atoms. The normalized spacial score (nSPS) is 17.3. The summed E-state index contributed by atoms with van der Waals surface area (Å²) in [5.41, 5.74) is 6.54. The largest absolute Gasteiger partial charge is 0.356 e. The van der Waals surface area contributed by atoms with E-state index in [1.165, 1.54) is 18.0 Å². The summed E-state index contributed by atoms with van der Waals surface area (Å²) < 4.78 is 0. The maximum absolute atomic E-state index is 13.9. The van der Waals surface area contributed by atoms with Gasteiger partial charge in [0.1, 0.15) is 0 Å². The second-order valence-corrected chi connectivity index (χ2v) is 9.00. The van der Waals surface area contributed by atoms with E-state index in [4.69, 9.17) is 0 Å². The highest BCUT2D eigenvalue weighted by Crippen LogP contribution is 2.40. The Balaban J connectivity index is 1.48. The first-order chi connectivity index (χ1) is 16.5. The summed E-state index contributed by atoms with van der Waals surface area (Å²) in [6, 6.07) is 20.9. The first kappa shape index (κ1) is 20.4. The molecule has 1 aromatic heterocycles. The fraction of sp³-hybridized carbons (Fsp3) is 0.179. The molecule has 6 rings (SSSR count). The highest BCUT2D eigenvalue weighted by atomic mass is 16.2. The summed E-state index contributed by atoms with van der Waals surface area (Å²) in [6.07, 6.45) is 0.735. The molecule has 3 heterocycles. The third-order valence-corrected chi connectivity index (χ3v) is 7.11. The number of nitrogens with zero attached hydrogens (tertiary/aromatic N) is 2. The molecule has 0 aliphatic carbocycles. The van der Waals surface area contributed by atoms with Gasteiger partial charge in [-0.3, -0.25) is 19.3 Å². The van der Waals surface area contributed by atoms with Crippen molar-refractivity contribution in [2.24, 2.45) is 0 Å². The third-order valence-electron chi connectivity index (χ3n) is 7.11. The number of hydrogen-bond acceptors (Lipinski definition) is 3. The number of carbonyl (C=O) groups excluding carboxylic acids is 3. The van der Waals surface area contributed by atoms with Gasteiger partial charge in [0, 0.05) is 35.8 Å². The molecular weight excluding hydrogens is 426 g/mol. The van der Waals surface area contributed by atoms with Gasteiger partial charge < -0.3 is 9.88 Å². The molecule has 0 saturated carbocycles. The van der Waals surface area contributed by atoms with Crippen LogP contribution < -0.4 is 0 Å². The van der Waals surface area contributed by atoms with Crippen LogP contribution in [0.2, 0.25) is 0 Å². The molecule has 168 valence electrons. The minimum Gasteiger partial charge on any atom is -0.356 e. The summed E-state index contributed by atoms with van der Waals surface area (Å²) in [4.78, 5) is 45.3. The molecule has 0 radical (unpaired) electrons. The molecule has 2 aliphatic heterocycles. The predicted molar refractivity (Wildman–Crippen MR) is 129 cm³/mol. The molecule has 0 fully saturated rings. The van der Waals surface area contributed by atoms with Gasteiger partial charge in [0.15, 0.2) is 0 Å². The van der Waals surface area contributed by atoms with Crippen LogP contribution in [-0.2, 0) is 6.42 Å². The Morgan fingerprint density at radius 1 is 0.941 bits per heavy atom. The second-order valence-electron chi connectivity index (χ2n) is 9.00. The van der Waals surface area contributed by atoms with Crippen molar-refractivity contribution in [1.82, 2.24) is 14.8 Å². The summed E-state index contributed by atoms with van der Waals surface area (Å²) in [6.45, 7) is 2.61. The first-order valence-electron chi connectivity index (χ1n) is 11.4. The van der Waals surface area contributed by atoms with Crippen molar-refractivity contribution >= 4 is 28.6 Å². The van der Waals surface area contributed by atoms with Crippen LogP contribution in [0.25, 0.3) is 10.9 Å². The molecule has 6 nitrogen and oxygen atoms in total. The Morgan fingerprint density at radius 2 is 1.68 bits per heavy atom. The van der Waals surface area contributed by atoms with Gasteiger partial charge in [-0.2, -0.15) is 0 Å². The summed E-state index contributed by atoms with van der Waals surface area (Å²) in [7, 11) is 1.46. The molecule has 6 heteroatoms. The highest BCUT2D eigenvalue weighted by molar-refractivity contribution is 6.21. The summed E-state index contributed by atoms with van der Waals surface area (Å²) in [5.74, 6) is -0.866. The van der Waals surface area contributed by atoms with Crippen molar-refractivity contribution in [3.8, 4) is 0 Å². The van der Waals surface area contributed by atoms with Crippen LogP contribution in [0.15, 0.2) is 66.7 Å². The molecule has 0 spiro atoms.